The summed E-state index contributed by atoms with van der Waals surface area (Å²) < 4.78 is 21.1. The highest BCUT2D eigenvalue weighted by atomic mass is 35.9. The highest BCUT2D eigenvalue weighted by molar-refractivity contribution is 8.05. The average Bonchev–Trinajstić information content (AvgIpc) is 2.64. The van der Waals surface area contributed by atoms with Crippen molar-refractivity contribution in [3.05, 3.63) is 26.9 Å². The minimum Gasteiger partial charge on any atom is -0.387 e. The van der Waals surface area contributed by atoms with Gasteiger partial charge in [0.1, 0.15) is 24.4 Å². The highest BCUT2D eigenvalue weighted by Crippen LogP contribution is 2.57. The standard InChI is InChI=1S/C9H11Cl2N2O6PS/c10-20(11,17)18-2-4-5(14)6(15)7(19-4)3-1-12-9(21)13-8(3)16/h1,4-7,14-15H,2H2,(H2,12,13,16,21)/t4-,5?,6?,7+/m1/s1. The molecule has 4 atom stereocenters. The van der Waals surface area contributed by atoms with Crippen LogP contribution in [-0.4, -0.2) is 45.1 Å². The third-order valence-corrected chi connectivity index (χ3v) is 4.16. The maximum absolute atomic E-state index is 11.8. The first-order valence-corrected chi connectivity index (χ1v) is 9.51. The van der Waals surface area contributed by atoms with Crippen molar-refractivity contribution < 1.29 is 24.0 Å². The fourth-order valence-electron chi connectivity index (χ4n) is 1.94. The van der Waals surface area contributed by atoms with E-state index in [4.69, 9.17) is 39.4 Å². The topological polar surface area (TPSA) is 125 Å². The van der Waals surface area contributed by atoms with E-state index in [2.05, 4.69) is 14.5 Å². The molecule has 0 bridgehead atoms. The number of nitrogens with one attached hydrogen (secondary N) is 2. The van der Waals surface area contributed by atoms with E-state index in [0.717, 1.165) is 0 Å². The molecule has 0 spiro atoms. The number of aromatic nitrogens is 2. The van der Waals surface area contributed by atoms with Crippen molar-refractivity contribution in [3.8, 4) is 0 Å². The first kappa shape index (κ1) is 17.1. The van der Waals surface area contributed by atoms with Crippen LogP contribution in [0.15, 0.2) is 11.0 Å². The maximum atomic E-state index is 11.8. The fraction of sp³-hybridized carbons (Fsp3) is 0.556. The Hall–Kier alpha value is -0.250. The van der Waals surface area contributed by atoms with Crippen molar-refractivity contribution in [1.82, 2.24) is 9.97 Å². The van der Waals surface area contributed by atoms with Gasteiger partial charge >= 0.3 is 6.07 Å². The number of hydrogen-bond acceptors (Lipinski definition) is 7. The molecular formula is C9H11Cl2N2O6PS. The number of H-pyrrole nitrogens is 2. The quantitative estimate of drug-likeness (QED) is 0.459. The molecule has 118 valence electrons. The molecular weight excluding hydrogens is 366 g/mol. The van der Waals surface area contributed by atoms with E-state index in [-0.39, 0.29) is 10.3 Å². The van der Waals surface area contributed by atoms with Gasteiger partial charge < -0.3 is 24.5 Å². The van der Waals surface area contributed by atoms with Crippen molar-refractivity contribution in [2.75, 3.05) is 6.61 Å². The molecule has 1 saturated heterocycles. The van der Waals surface area contributed by atoms with Gasteiger partial charge in [-0.15, -0.1) is 0 Å². The van der Waals surface area contributed by atoms with Crippen LogP contribution in [0.1, 0.15) is 11.7 Å². The molecule has 1 aliphatic rings. The minimum atomic E-state index is -3.79. The van der Waals surface area contributed by atoms with Crippen molar-refractivity contribution in [3.63, 3.8) is 0 Å². The van der Waals surface area contributed by atoms with Crippen LogP contribution >= 0.6 is 40.8 Å². The van der Waals surface area contributed by atoms with Crippen molar-refractivity contribution in [2.45, 2.75) is 24.4 Å². The largest absolute Gasteiger partial charge is 0.387 e. The molecule has 0 saturated carbocycles. The SMILES string of the molecule is O=c1[nH]c(=S)[nH]cc1[C@@H]1O[C@H](COP(=O)(Cl)Cl)C(O)C1O. The predicted octanol–water partition coefficient (Wildman–Crippen LogP) is 1.20. The van der Waals surface area contributed by atoms with E-state index in [1.807, 2.05) is 0 Å². The van der Waals surface area contributed by atoms with Crippen LogP contribution in [-0.2, 0) is 13.8 Å². The summed E-state index contributed by atoms with van der Waals surface area (Å²) >= 11 is 15.2. The number of rotatable bonds is 4. The van der Waals surface area contributed by atoms with Crippen molar-refractivity contribution in [2.24, 2.45) is 0 Å². The lowest BCUT2D eigenvalue weighted by molar-refractivity contribution is -0.0158. The summed E-state index contributed by atoms with van der Waals surface area (Å²) in [6.45, 7) is -0.403. The second-order valence-electron chi connectivity index (χ2n) is 4.31. The Balaban J connectivity index is 2.18. The van der Waals surface area contributed by atoms with Gasteiger partial charge in [0.25, 0.3) is 5.56 Å². The van der Waals surface area contributed by atoms with E-state index in [9.17, 15) is 19.6 Å². The lowest BCUT2D eigenvalue weighted by atomic mass is 10.0. The van der Waals surface area contributed by atoms with Crippen molar-refractivity contribution in [1.29, 1.82) is 0 Å². The van der Waals surface area contributed by atoms with Gasteiger partial charge in [0.05, 0.1) is 12.2 Å². The second-order valence-corrected chi connectivity index (χ2v) is 9.00. The summed E-state index contributed by atoms with van der Waals surface area (Å²) in [6, 6.07) is 0. The Kier molecular flexibility index (Phi) is 5.27. The van der Waals surface area contributed by atoms with Gasteiger partial charge in [-0.05, 0) is 34.7 Å². The molecule has 0 amide bonds. The molecule has 1 aromatic heterocycles. The van der Waals surface area contributed by atoms with Crippen LogP contribution in [0.4, 0.5) is 0 Å². The van der Waals surface area contributed by atoms with Crippen LogP contribution in [0.3, 0.4) is 0 Å². The third kappa shape index (κ3) is 4.14. The smallest absolute Gasteiger partial charge is 0.380 e. The van der Waals surface area contributed by atoms with Gasteiger partial charge in [0.15, 0.2) is 4.77 Å². The van der Waals surface area contributed by atoms with Gasteiger partial charge in [0.2, 0.25) is 0 Å². The zero-order valence-electron chi connectivity index (χ0n) is 10.2. The molecule has 21 heavy (non-hydrogen) atoms. The first-order valence-electron chi connectivity index (χ1n) is 5.66. The number of aromatic amines is 2. The van der Waals surface area contributed by atoms with Crippen molar-refractivity contribution >= 4 is 40.8 Å². The average molecular weight is 377 g/mol. The molecule has 1 aromatic rings. The Bertz CT molecular complexity index is 675. The Labute approximate surface area is 133 Å². The Morgan fingerprint density at radius 3 is 2.67 bits per heavy atom. The normalized spacial score (nSPS) is 29.7. The molecule has 2 heterocycles. The van der Waals surface area contributed by atoms with Gasteiger partial charge in [-0.25, -0.2) is 0 Å². The monoisotopic (exact) mass is 376 g/mol. The number of aliphatic hydroxyl groups is 2. The lowest BCUT2D eigenvalue weighted by Gasteiger charge is -2.14. The number of hydrogen-bond donors (Lipinski definition) is 4. The van der Waals surface area contributed by atoms with E-state index in [0.29, 0.717) is 0 Å². The van der Waals surface area contributed by atoms with E-state index in [1.165, 1.54) is 6.20 Å². The van der Waals surface area contributed by atoms with Gasteiger partial charge in [-0.3, -0.25) is 14.3 Å². The lowest BCUT2D eigenvalue weighted by Crippen LogP contribution is -2.33. The maximum Gasteiger partial charge on any atom is 0.380 e. The van der Waals surface area contributed by atoms with Crippen LogP contribution in [0.25, 0.3) is 0 Å². The summed E-state index contributed by atoms with van der Waals surface area (Å²) in [5.41, 5.74) is -0.505. The second kappa shape index (κ2) is 6.47. The third-order valence-electron chi connectivity index (χ3n) is 2.91. The molecule has 8 nitrogen and oxygen atoms in total. The molecule has 2 unspecified atom stereocenters. The highest BCUT2D eigenvalue weighted by Gasteiger charge is 2.45. The summed E-state index contributed by atoms with van der Waals surface area (Å²) in [6.07, 6.45) is -7.40. The fourth-order valence-corrected chi connectivity index (χ4v) is 2.75. The predicted molar refractivity (Wildman–Crippen MR) is 77.1 cm³/mol. The molecule has 0 aliphatic carbocycles. The summed E-state index contributed by atoms with van der Waals surface area (Å²) in [7, 11) is 0. The summed E-state index contributed by atoms with van der Waals surface area (Å²) in [4.78, 5) is 16.7. The number of ether oxygens (including phenoxy) is 1. The van der Waals surface area contributed by atoms with Crippen LogP contribution < -0.4 is 5.56 Å². The zero-order chi connectivity index (χ0) is 15.8. The van der Waals surface area contributed by atoms with Crippen LogP contribution in [0.5, 0.6) is 0 Å². The molecule has 12 heteroatoms. The zero-order valence-corrected chi connectivity index (χ0v) is 13.5. The van der Waals surface area contributed by atoms with E-state index < -0.39 is 42.7 Å². The Morgan fingerprint density at radius 1 is 1.43 bits per heavy atom. The van der Waals surface area contributed by atoms with Gasteiger partial charge in [-0.1, -0.05) is 0 Å². The van der Waals surface area contributed by atoms with E-state index in [1.54, 1.807) is 0 Å². The minimum absolute atomic E-state index is 0.0533. The molecule has 2 rings (SSSR count). The molecule has 1 fully saturated rings. The molecule has 0 radical (unpaired) electrons. The summed E-state index contributed by atoms with van der Waals surface area (Å²) in [5.74, 6) is 0. The molecule has 4 N–H and O–H groups in total. The Morgan fingerprint density at radius 2 is 2.10 bits per heavy atom. The molecule has 0 aromatic carbocycles. The number of aliphatic hydroxyl groups excluding tert-OH is 2. The van der Waals surface area contributed by atoms with Gasteiger partial charge in [0, 0.05) is 6.20 Å². The summed E-state index contributed by atoms with van der Waals surface area (Å²) in [5, 5.41) is 19.8. The molecule has 1 aliphatic heterocycles. The number of halogens is 2. The van der Waals surface area contributed by atoms with Crippen LogP contribution in [0.2, 0.25) is 0 Å². The van der Waals surface area contributed by atoms with E-state index >= 15 is 0 Å². The first-order chi connectivity index (χ1) is 9.69. The van der Waals surface area contributed by atoms with Gasteiger partial charge in [-0.2, -0.15) is 0 Å². The van der Waals surface area contributed by atoms with Crippen LogP contribution in [0, 0.1) is 4.77 Å².